The quantitative estimate of drug-likeness (QED) is 0.470. The summed E-state index contributed by atoms with van der Waals surface area (Å²) in [6, 6.07) is 16.5. The predicted molar refractivity (Wildman–Crippen MR) is 121 cm³/mol. The van der Waals surface area contributed by atoms with E-state index in [1.54, 1.807) is 0 Å². The van der Waals surface area contributed by atoms with Crippen LogP contribution in [0, 0.1) is 0 Å². The molecule has 0 bridgehead atoms. The van der Waals surface area contributed by atoms with E-state index in [9.17, 15) is 5.11 Å². The van der Waals surface area contributed by atoms with Gasteiger partial charge in [-0.1, -0.05) is 48.0 Å². The monoisotopic (exact) mass is 447 g/mol. The maximum absolute atomic E-state index is 11.9. The first-order valence-electron chi connectivity index (χ1n) is 10.3. The van der Waals surface area contributed by atoms with Crippen LogP contribution in [0.1, 0.15) is 48.3 Å². The van der Waals surface area contributed by atoms with E-state index in [4.69, 9.17) is 31.4 Å². The van der Waals surface area contributed by atoms with Crippen LogP contribution in [-0.4, -0.2) is 52.8 Å². The molecule has 6 nitrogen and oxygen atoms in total. The van der Waals surface area contributed by atoms with Crippen molar-refractivity contribution in [2.45, 2.75) is 43.6 Å². The van der Waals surface area contributed by atoms with Gasteiger partial charge in [-0.05, 0) is 81.6 Å². The second-order valence-corrected chi connectivity index (χ2v) is 8.53. The van der Waals surface area contributed by atoms with Crippen molar-refractivity contribution in [3.05, 3.63) is 70.2 Å². The van der Waals surface area contributed by atoms with Gasteiger partial charge in [-0.3, -0.25) is 0 Å². The van der Waals surface area contributed by atoms with Crippen molar-refractivity contribution < 1.29 is 24.9 Å². The molecule has 0 amide bonds. The molecule has 0 saturated heterocycles. The van der Waals surface area contributed by atoms with Crippen LogP contribution in [-0.2, 0) is 21.6 Å². The Bertz CT molecular complexity index is 872. The number of carbonyl (C=O) groups is 2. The predicted octanol–water partition coefficient (Wildman–Crippen LogP) is 4.15. The van der Waals surface area contributed by atoms with Crippen molar-refractivity contribution in [1.82, 2.24) is 4.90 Å². The summed E-state index contributed by atoms with van der Waals surface area (Å²) in [6.45, 7) is 0.984. The van der Waals surface area contributed by atoms with Gasteiger partial charge >= 0.3 is 11.9 Å². The third-order valence-corrected chi connectivity index (χ3v) is 5.87. The Balaban J connectivity index is 0.000000501. The fraction of sp³-hybridized carbons (Fsp3) is 0.417. The maximum atomic E-state index is 11.9. The number of benzene rings is 2. The van der Waals surface area contributed by atoms with Crippen molar-refractivity contribution in [1.29, 1.82) is 0 Å². The summed E-state index contributed by atoms with van der Waals surface area (Å²) in [5.41, 5.74) is 2.78. The van der Waals surface area contributed by atoms with Crippen LogP contribution in [0.5, 0.6) is 0 Å². The van der Waals surface area contributed by atoms with E-state index < -0.39 is 17.5 Å². The van der Waals surface area contributed by atoms with E-state index in [1.165, 1.54) is 11.1 Å². The molecule has 3 rings (SSSR count). The van der Waals surface area contributed by atoms with Gasteiger partial charge in [0.05, 0.1) is 5.60 Å². The molecule has 0 radical (unpaired) electrons. The number of hydrogen-bond donors (Lipinski definition) is 3. The lowest BCUT2D eigenvalue weighted by atomic mass is 9.73. The third-order valence-electron chi connectivity index (χ3n) is 5.62. The van der Waals surface area contributed by atoms with E-state index in [1.807, 2.05) is 12.1 Å². The average molecular weight is 448 g/mol. The van der Waals surface area contributed by atoms with Crippen LogP contribution in [0.2, 0.25) is 5.02 Å². The highest BCUT2D eigenvalue weighted by Gasteiger charge is 2.41. The first-order chi connectivity index (χ1) is 14.6. The van der Waals surface area contributed by atoms with Crippen LogP contribution in [0.4, 0.5) is 0 Å². The van der Waals surface area contributed by atoms with Crippen LogP contribution < -0.4 is 0 Å². The second-order valence-electron chi connectivity index (χ2n) is 8.09. The fourth-order valence-electron chi connectivity index (χ4n) is 4.19. The molecule has 0 unspecified atom stereocenters. The summed E-state index contributed by atoms with van der Waals surface area (Å²) in [5, 5.41) is 27.5. The van der Waals surface area contributed by atoms with Crippen molar-refractivity contribution in [2.24, 2.45) is 0 Å². The molecule has 0 aliphatic heterocycles. The standard InChI is InChI=1S/C22H28ClNO.C2H2O4/c1-24(2)16-6-15-22(25)20-9-4-3-7-17(20)8-5-10-21(22)18-11-13-19(23)14-12-18;3-1(4)2(5)6/h3-4,7,9,11-14,21,25H,5-6,8,10,15-16H2,1-2H3;(H,3,4)(H,5,6)/t21-,22+;/m1./s1. The van der Waals surface area contributed by atoms with E-state index in [0.717, 1.165) is 49.2 Å². The number of carboxylic acid groups (broad SMARTS) is 2. The van der Waals surface area contributed by atoms with Crippen molar-refractivity contribution in [2.75, 3.05) is 20.6 Å². The molecule has 1 aliphatic carbocycles. The van der Waals surface area contributed by atoms with Crippen LogP contribution in [0.25, 0.3) is 0 Å². The molecule has 0 fully saturated rings. The maximum Gasteiger partial charge on any atom is 0.414 e. The summed E-state index contributed by atoms with van der Waals surface area (Å²) in [5.74, 6) is -3.54. The largest absolute Gasteiger partial charge is 0.473 e. The van der Waals surface area contributed by atoms with Gasteiger partial charge in [0.1, 0.15) is 0 Å². The zero-order valence-corrected chi connectivity index (χ0v) is 18.7. The lowest BCUT2D eigenvalue weighted by Crippen LogP contribution is -2.34. The SMILES string of the molecule is CN(C)CCC[C@]1(O)c2ccccc2CCC[C@@H]1c1ccc(Cl)cc1.O=C(O)C(=O)O. The number of aliphatic hydroxyl groups is 1. The van der Waals surface area contributed by atoms with Gasteiger partial charge in [-0.2, -0.15) is 0 Å². The van der Waals surface area contributed by atoms with Gasteiger partial charge in [0.2, 0.25) is 0 Å². The Morgan fingerprint density at radius 2 is 1.68 bits per heavy atom. The summed E-state index contributed by atoms with van der Waals surface area (Å²) in [7, 11) is 4.17. The van der Waals surface area contributed by atoms with Crippen LogP contribution >= 0.6 is 11.6 Å². The smallest absolute Gasteiger partial charge is 0.414 e. The molecule has 0 aromatic heterocycles. The molecule has 2 aromatic rings. The highest BCUT2D eigenvalue weighted by molar-refractivity contribution is 6.30. The molecule has 2 aromatic carbocycles. The number of nitrogens with zero attached hydrogens (tertiary/aromatic N) is 1. The number of hydrogen-bond acceptors (Lipinski definition) is 4. The minimum absolute atomic E-state index is 0.107. The van der Waals surface area contributed by atoms with Gasteiger partial charge in [-0.15, -0.1) is 0 Å². The lowest BCUT2D eigenvalue weighted by molar-refractivity contribution is -0.159. The molecular weight excluding hydrogens is 418 g/mol. The van der Waals surface area contributed by atoms with Crippen molar-refractivity contribution in [3.63, 3.8) is 0 Å². The van der Waals surface area contributed by atoms with Gasteiger partial charge < -0.3 is 20.2 Å². The number of carboxylic acids is 2. The van der Waals surface area contributed by atoms with E-state index in [2.05, 4.69) is 55.4 Å². The van der Waals surface area contributed by atoms with Gasteiger partial charge in [0.15, 0.2) is 0 Å². The van der Waals surface area contributed by atoms with E-state index in [-0.39, 0.29) is 5.92 Å². The molecular formula is C24H30ClNO5. The van der Waals surface area contributed by atoms with Crippen molar-refractivity contribution >= 4 is 23.5 Å². The number of aryl methyl sites for hydroxylation is 1. The number of rotatable bonds is 5. The molecule has 2 atom stereocenters. The molecule has 3 N–H and O–H groups in total. The highest BCUT2D eigenvalue weighted by Crippen LogP contribution is 2.47. The highest BCUT2D eigenvalue weighted by atomic mass is 35.5. The molecule has 168 valence electrons. The molecule has 0 saturated carbocycles. The molecule has 0 spiro atoms. The topological polar surface area (TPSA) is 98.1 Å². The number of aliphatic carboxylic acids is 2. The summed E-state index contributed by atoms with van der Waals surface area (Å²) >= 11 is 6.09. The van der Waals surface area contributed by atoms with Gasteiger partial charge in [0.25, 0.3) is 0 Å². The zero-order valence-electron chi connectivity index (χ0n) is 17.9. The Labute approximate surface area is 188 Å². The Kier molecular flexibility index (Phi) is 9.04. The summed E-state index contributed by atoms with van der Waals surface area (Å²) < 4.78 is 0. The molecule has 1 aliphatic rings. The van der Waals surface area contributed by atoms with Crippen LogP contribution in [0.3, 0.4) is 0 Å². The van der Waals surface area contributed by atoms with Crippen LogP contribution in [0.15, 0.2) is 48.5 Å². The molecule has 7 heteroatoms. The van der Waals surface area contributed by atoms with Gasteiger partial charge in [-0.25, -0.2) is 9.59 Å². The first-order valence-corrected chi connectivity index (χ1v) is 10.7. The average Bonchev–Trinajstić information content (AvgIpc) is 2.86. The Morgan fingerprint density at radius 1 is 1.06 bits per heavy atom. The number of fused-ring (bicyclic) bond motifs is 1. The Hall–Kier alpha value is -2.41. The van der Waals surface area contributed by atoms with Gasteiger partial charge in [0, 0.05) is 10.9 Å². The van der Waals surface area contributed by atoms with E-state index >= 15 is 0 Å². The minimum Gasteiger partial charge on any atom is -0.473 e. The first kappa shape index (κ1) is 24.9. The minimum atomic E-state index is -1.82. The molecule has 0 heterocycles. The fourth-order valence-corrected chi connectivity index (χ4v) is 4.32. The second kappa shape index (κ2) is 11.3. The summed E-state index contributed by atoms with van der Waals surface area (Å²) in [6.07, 6.45) is 4.88. The third kappa shape index (κ3) is 6.79. The molecule has 31 heavy (non-hydrogen) atoms. The van der Waals surface area contributed by atoms with Crippen molar-refractivity contribution in [3.8, 4) is 0 Å². The normalized spacial score (nSPS) is 20.2. The number of halogens is 1. The lowest BCUT2D eigenvalue weighted by Gasteiger charge is -2.37. The Morgan fingerprint density at radius 3 is 2.26 bits per heavy atom. The van der Waals surface area contributed by atoms with E-state index in [0.29, 0.717) is 0 Å². The zero-order chi connectivity index (χ0) is 23.0. The summed E-state index contributed by atoms with van der Waals surface area (Å²) in [4.78, 5) is 20.4.